The molecule has 0 fully saturated rings. The molecule has 1 heterocycles. The average molecular weight is 338 g/mol. The maximum absolute atomic E-state index is 12.9. The predicted octanol–water partition coefficient (Wildman–Crippen LogP) is 3.92. The summed E-state index contributed by atoms with van der Waals surface area (Å²) < 4.78 is 38.8. The van der Waals surface area contributed by atoms with Gasteiger partial charge in [-0.05, 0) is 25.5 Å². The first-order valence-electron chi connectivity index (χ1n) is 6.66. The number of carbonyl (C=O) groups is 1. The van der Waals surface area contributed by atoms with Crippen molar-refractivity contribution in [2.75, 3.05) is 0 Å². The molecule has 0 saturated heterocycles. The number of alkyl halides is 3. The second-order valence-electron chi connectivity index (χ2n) is 5.15. The van der Waals surface area contributed by atoms with Crippen LogP contribution in [0.3, 0.4) is 0 Å². The molecular formula is C16H13F3N2OS. The number of allylic oxidation sites excluding steroid dienone is 3. The maximum atomic E-state index is 12.9. The average Bonchev–Trinajstić information content (AvgIpc) is 2.45. The van der Waals surface area contributed by atoms with Gasteiger partial charge in [-0.15, -0.1) is 12.6 Å². The van der Waals surface area contributed by atoms with Crippen molar-refractivity contribution in [1.29, 1.82) is 5.26 Å². The number of rotatable bonds is 2. The van der Waals surface area contributed by atoms with Crippen molar-refractivity contribution < 1.29 is 18.0 Å². The molecule has 0 saturated carbocycles. The highest BCUT2D eigenvalue weighted by Crippen LogP contribution is 2.40. The molecule has 1 atom stereocenters. The smallest absolute Gasteiger partial charge is 0.353 e. The lowest BCUT2D eigenvalue weighted by Gasteiger charge is -2.28. The second-order valence-corrected chi connectivity index (χ2v) is 5.60. The van der Waals surface area contributed by atoms with Gasteiger partial charge in [0, 0.05) is 11.3 Å². The molecule has 0 radical (unpaired) electrons. The fourth-order valence-electron chi connectivity index (χ4n) is 2.62. The molecule has 7 heteroatoms. The Balaban J connectivity index is 2.68. The standard InChI is InChI=1S/C16H13F3N2OS/c1-8-13(9(2)22)14(12(7-20)15(23)21-8)10-4-3-5-11(6-10)16(17,18)19/h3-6,14,21,23H,1-2H3. The first kappa shape index (κ1) is 17.2. The van der Waals surface area contributed by atoms with Crippen LogP contribution in [-0.2, 0) is 11.0 Å². The van der Waals surface area contributed by atoms with Crippen molar-refractivity contribution in [1.82, 2.24) is 5.32 Å². The molecular weight excluding hydrogens is 325 g/mol. The summed E-state index contributed by atoms with van der Waals surface area (Å²) in [5.41, 5.74) is 0.257. The summed E-state index contributed by atoms with van der Waals surface area (Å²) in [5, 5.41) is 12.4. The molecule has 2 rings (SSSR count). The minimum Gasteiger partial charge on any atom is -0.353 e. The third-order valence-electron chi connectivity index (χ3n) is 3.59. The van der Waals surface area contributed by atoms with Crippen molar-refractivity contribution in [2.24, 2.45) is 0 Å². The van der Waals surface area contributed by atoms with Gasteiger partial charge in [-0.1, -0.05) is 18.2 Å². The zero-order valence-corrected chi connectivity index (χ0v) is 13.2. The Bertz CT molecular complexity index is 772. The first-order chi connectivity index (χ1) is 10.7. The van der Waals surface area contributed by atoms with Crippen LogP contribution in [0.1, 0.15) is 30.9 Å². The van der Waals surface area contributed by atoms with E-state index in [2.05, 4.69) is 17.9 Å². The van der Waals surface area contributed by atoms with E-state index in [1.165, 1.54) is 19.1 Å². The molecule has 1 aliphatic heterocycles. The molecule has 1 aromatic rings. The van der Waals surface area contributed by atoms with E-state index in [0.29, 0.717) is 5.70 Å². The first-order valence-corrected chi connectivity index (χ1v) is 7.10. The van der Waals surface area contributed by atoms with Crippen molar-refractivity contribution >= 4 is 18.4 Å². The molecule has 3 nitrogen and oxygen atoms in total. The number of hydrogen-bond donors (Lipinski definition) is 2. The Labute approximate surface area is 136 Å². The molecule has 120 valence electrons. The van der Waals surface area contributed by atoms with Gasteiger partial charge in [0.05, 0.1) is 28.2 Å². The number of halogens is 3. The third kappa shape index (κ3) is 3.27. The lowest BCUT2D eigenvalue weighted by Crippen LogP contribution is -2.26. The van der Waals surface area contributed by atoms with Crippen molar-refractivity contribution in [3.05, 3.63) is 57.3 Å². The normalized spacial score (nSPS) is 18.6. The van der Waals surface area contributed by atoms with Gasteiger partial charge in [0.25, 0.3) is 0 Å². The molecule has 1 N–H and O–H groups in total. The molecule has 0 amide bonds. The zero-order chi connectivity index (χ0) is 17.4. The van der Waals surface area contributed by atoms with Gasteiger partial charge >= 0.3 is 6.18 Å². The van der Waals surface area contributed by atoms with Crippen LogP contribution in [0.4, 0.5) is 13.2 Å². The number of carbonyl (C=O) groups excluding carboxylic acids is 1. The third-order valence-corrected chi connectivity index (χ3v) is 3.94. The largest absolute Gasteiger partial charge is 0.416 e. The van der Waals surface area contributed by atoms with Gasteiger partial charge in [-0.25, -0.2) is 0 Å². The molecule has 0 aliphatic carbocycles. The van der Waals surface area contributed by atoms with E-state index in [1.54, 1.807) is 6.92 Å². The fraction of sp³-hybridized carbons (Fsp3) is 0.250. The monoisotopic (exact) mass is 338 g/mol. The number of nitrogens with zero attached hydrogens (tertiary/aromatic N) is 1. The number of dihydropyridines is 1. The molecule has 1 aromatic carbocycles. The van der Waals surface area contributed by atoms with Gasteiger partial charge in [-0.3, -0.25) is 4.79 Å². The quantitative estimate of drug-likeness (QED) is 0.804. The summed E-state index contributed by atoms with van der Waals surface area (Å²) in [6.45, 7) is 2.95. The highest BCUT2D eigenvalue weighted by Gasteiger charge is 2.35. The summed E-state index contributed by atoms with van der Waals surface area (Å²) in [7, 11) is 0. The SMILES string of the molecule is CC(=O)C1=C(C)NC(S)=C(C#N)C1c1cccc(C(F)(F)F)c1. The van der Waals surface area contributed by atoms with E-state index in [0.717, 1.165) is 12.1 Å². The van der Waals surface area contributed by atoms with E-state index in [-0.39, 0.29) is 27.5 Å². The summed E-state index contributed by atoms with van der Waals surface area (Å²) in [6.07, 6.45) is -4.50. The van der Waals surface area contributed by atoms with Crippen LogP contribution in [0.5, 0.6) is 0 Å². The van der Waals surface area contributed by atoms with E-state index in [9.17, 15) is 23.2 Å². The summed E-state index contributed by atoms with van der Waals surface area (Å²) >= 11 is 4.18. The molecule has 0 spiro atoms. The Kier molecular flexibility index (Phi) is 4.57. The van der Waals surface area contributed by atoms with Crippen LogP contribution in [0, 0.1) is 11.3 Å². The lowest BCUT2D eigenvalue weighted by atomic mass is 9.80. The number of thiol groups is 1. The summed E-state index contributed by atoms with van der Waals surface area (Å²) in [5.74, 6) is -1.18. The fourth-order valence-corrected chi connectivity index (χ4v) is 2.97. The number of nitrogens with one attached hydrogen (secondary N) is 1. The molecule has 1 unspecified atom stereocenters. The van der Waals surface area contributed by atoms with Crippen LogP contribution in [-0.4, -0.2) is 5.78 Å². The topological polar surface area (TPSA) is 52.9 Å². The maximum Gasteiger partial charge on any atom is 0.416 e. The number of benzene rings is 1. The number of ketones is 1. The predicted molar refractivity (Wildman–Crippen MR) is 82.3 cm³/mol. The zero-order valence-electron chi connectivity index (χ0n) is 12.3. The van der Waals surface area contributed by atoms with Gasteiger partial charge in [0.15, 0.2) is 5.78 Å². The van der Waals surface area contributed by atoms with Crippen LogP contribution in [0.25, 0.3) is 0 Å². The van der Waals surface area contributed by atoms with E-state index >= 15 is 0 Å². The minimum absolute atomic E-state index is 0.114. The van der Waals surface area contributed by atoms with Gasteiger partial charge < -0.3 is 5.32 Å². The Morgan fingerprint density at radius 2 is 2.04 bits per heavy atom. The van der Waals surface area contributed by atoms with Crippen LogP contribution >= 0.6 is 12.6 Å². The van der Waals surface area contributed by atoms with Crippen LogP contribution in [0.2, 0.25) is 0 Å². The second kappa shape index (κ2) is 6.13. The van der Waals surface area contributed by atoms with Crippen molar-refractivity contribution in [2.45, 2.75) is 25.9 Å². The van der Waals surface area contributed by atoms with E-state index < -0.39 is 17.7 Å². The van der Waals surface area contributed by atoms with Crippen LogP contribution in [0.15, 0.2) is 46.1 Å². The van der Waals surface area contributed by atoms with Gasteiger partial charge in [0.2, 0.25) is 0 Å². The number of hydrogen-bond acceptors (Lipinski definition) is 4. The Morgan fingerprint density at radius 3 is 2.57 bits per heavy atom. The molecule has 1 aliphatic rings. The van der Waals surface area contributed by atoms with Gasteiger partial charge in [0.1, 0.15) is 0 Å². The van der Waals surface area contributed by atoms with Crippen molar-refractivity contribution in [3.63, 3.8) is 0 Å². The number of Topliss-reactive ketones (excluding diaryl/α,β-unsaturated/α-hetero) is 1. The Morgan fingerprint density at radius 1 is 1.39 bits per heavy atom. The Hall–Kier alpha value is -2.20. The molecule has 0 bridgehead atoms. The van der Waals surface area contributed by atoms with E-state index in [4.69, 9.17) is 0 Å². The van der Waals surface area contributed by atoms with Crippen molar-refractivity contribution in [3.8, 4) is 6.07 Å². The number of nitriles is 1. The van der Waals surface area contributed by atoms with Crippen LogP contribution < -0.4 is 5.32 Å². The highest BCUT2D eigenvalue weighted by atomic mass is 32.1. The molecule has 23 heavy (non-hydrogen) atoms. The lowest BCUT2D eigenvalue weighted by molar-refractivity contribution is -0.137. The summed E-state index contributed by atoms with van der Waals surface area (Å²) in [4.78, 5) is 12.0. The summed E-state index contributed by atoms with van der Waals surface area (Å²) in [6, 6.07) is 6.59. The van der Waals surface area contributed by atoms with Gasteiger partial charge in [-0.2, -0.15) is 18.4 Å². The molecule has 0 aromatic heterocycles. The van der Waals surface area contributed by atoms with E-state index in [1.807, 2.05) is 6.07 Å². The highest BCUT2D eigenvalue weighted by molar-refractivity contribution is 7.84. The minimum atomic E-state index is -4.50.